The number of benzene rings is 1. The number of hydrogen-bond acceptors (Lipinski definition) is 2. The molecule has 80 valence electrons. The maximum atomic E-state index is 10.9. The largest absolute Gasteiger partial charge is 0.375 e. The van der Waals surface area contributed by atoms with E-state index in [1.807, 2.05) is 30.3 Å². The number of rotatable bonds is 4. The normalized spacial score (nSPS) is 20.3. The van der Waals surface area contributed by atoms with E-state index in [0.717, 1.165) is 6.42 Å². The number of carbonyl (C=O) groups is 1. The van der Waals surface area contributed by atoms with E-state index in [0.29, 0.717) is 19.6 Å². The van der Waals surface area contributed by atoms with Gasteiger partial charge in [0.05, 0.1) is 19.3 Å². The number of carbonyl (C=O) groups excluding carboxylic acids is 1. The van der Waals surface area contributed by atoms with Crippen LogP contribution in [0.3, 0.4) is 0 Å². The van der Waals surface area contributed by atoms with Gasteiger partial charge in [-0.1, -0.05) is 30.3 Å². The highest BCUT2D eigenvalue weighted by Gasteiger charge is 2.20. The molecule has 15 heavy (non-hydrogen) atoms. The molecule has 0 saturated carbocycles. The fraction of sp³-hybridized carbons (Fsp3) is 0.417. The average Bonchev–Trinajstić information content (AvgIpc) is 2.66. The number of nitrogens with one attached hydrogen (secondary N) is 1. The molecular weight excluding hydrogens is 190 g/mol. The predicted molar refractivity (Wildman–Crippen MR) is 57.3 cm³/mol. The Kier molecular flexibility index (Phi) is 3.35. The third-order valence-electron chi connectivity index (χ3n) is 2.52. The first kappa shape index (κ1) is 10.2. The summed E-state index contributed by atoms with van der Waals surface area (Å²) in [5, 5.41) is 2.88. The van der Waals surface area contributed by atoms with Crippen LogP contribution in [0.4, 0.5) is 0 Å². The minimum atomic E-state index is 0.142. The molecule has 1 saturated heterocycles. The Labute approximate surface area is 89.4 Å². The van der Waals surface area contributed by atoms with Crippen LogP contribution < -0.4 is 5.32 Å². The zero-order valence-corrected chi connectivity index (χ0v) is 8.61. The molecule has 0 unspecified atom stereocenters. The highest BCUT2D eigenvalue weighted by atomic mass is 16.5. The van der Waals surface area contributed by atoms with Gasteiger partial charge in [0.2, 0.25) is 5.91 Å². The van der Waals surface area contributed by atoms with Crippen molar-refractivity contribution in [2.45, 2.75) is 25.5 Å². The van der Waals surface area contributed by atoms with Crippen molar-refractivity contribution in [1.29, 1.82) is 0 Å². The van der Waals surface area contributed by atoms with Gasteiger partial charge in [0.25, 0.3) is 0 Å². The van der Waals surface area contributed by atoms with E-state index in [4.69, 9.17) is 4.74 Å². The van der Waals surface area contributed by atoms with Crippen molar-refractivity contribution in [3.63, 3.8) is 0 Å². The van der Waals surface area contributed by atoms with E-state index >= 15 is 0 Å². The van der Waals surface area contributed by atoms with Crippen LogP contribution in [0.5, 0.6) is 0 Å². The molecule has 0 spiro atoms. The van der Waals surface area contributed by atoms with E-state index in [1.165, 1.54) is 5.56 Å². The lowest BCUT2D eigenvalue weighted by Crippen LogP contribution is -2.29. The maximum Gasteiger partial charge on any atom is 0.220 e. The van der Waals surface area contributed by atoms with Crippen molar-refractivity contribution in [2.75, 3.05) is 6.61 Å². The Balaban J connectivity index is 1.69. The lowest BCUT2D eigenvalue weighted by molar-refractivity contribution is -0.119. The molecule has 1 heterocycles. The molecule has 3 heteroatoms. The topological polar surface area (TPSA) is 38.3 Å². The Hall–Kier alpha value is -1.35. The summed E-state index contributed by atoms with van der Waals surface area (Å²) in [5.41, 5.74) is 1.17. The smallest absolute Gasteiger partial charge is 0.220 e. The van der Waals surface area contributed by atoms with E-state index in [1.54, 1.807) is 0 Å². The van der Waals surface area contributed by atoms with Crippen LogP contribution in [-0.2, 0) is 16.1 Å². The Morgan fingerprint density at radius 1 is 1.33 bits per heavy atom. The average molecular weight is 205 g/mol. The van der Waals surface area contributed by atoms with Gasteiger partial charge < -0.3 is 10.1 Å². The summed E-state index contributed by atoms with van der Waals surface area (Å²) in [4.78, 5) is 10.9. The Bertz CT molecular complexity index is 324. The first-order valence-corrected chi connectivity index (χ1v) is 5.25. The second kappa shape index (κ2) is 4.94. The van der Waals surface area contributed by atoms with Gasteiger partial charge in [-0.15, -0.1) is 0 Å². The van der Waals surface area contributed by atoms with Crippen molar-refractivity contribution < 1.29 is 9.53 Å². The highest BCUT2D eigenvalue weighted by Crippen LogP contribution is 2.08. The van der Waals surface area contributed by atoms with Crippen molar-refractivity contribution in [3.05, 3.63) is 35.9 Å². The lowest BCUT2D eigenvalue weighted by atomic mass is 10.2. The molecule has 1 atom stereocenters. The van der Waals surface area contributed by atoms with Crippen molar-refractivity contribution >= 4 is 5.91 Å². The molecule has 1 amide bonds. The Morgan fingerprint density at radius 2 is 2.13 bits per heavy atom. The van der Waals surface area contributed by atoms with Crippen LogP contribution >= 0.6 is 0 Å². The van der Waals surface area contributed by atoms with Crippen LogP contribution in [0.25, 0.3) is 0 Å². The third kappa shape index (κ3) is 3.06. The van der Waals surface area contributed by atoms with E-state index in [-0.39, 0.29) is 11.9 Å². The number of hydrogen-bond donors (Lipinski definition) is 1. The van der Waals surface area contributed by atoms with Crippen LogP contribution in [0.15, 0.2) is 30.3 Å². The molecule has 1 aromatic rings. The fourth-order valence-electron chi connectivity index (χ4n) is 1.70. The minimum absolute atomic E-state index is 0.142. The molecule has 1 N–H and O–H groups in total. The van der Waals surface area contributed by atoms with E-state index in [9.17, 15) is 4.79 Å². The summed E-state index contributed by atoms with van der Waals surface area (Å²) < 4.78 is 5.54. The summed E-state index contributed by atoms with van der Waals surface area (Å²) in [6, 6.07) is 10.3. The van der Waals surface area contributed by atoms with Crippen LogP contribution in [0, 0.1) is 0 Å². The molecule has 1 fully saturated rings. The second-order valence-corrected chi connectivity index (χ2v) is 3.80. The molecular formula is C12H15NO2. The first-order chi connectivity index (χ1) is 7.34. The molecule has 2 rings (SSSR count). The summed E-state index contributed by atoms with van der Waals surface area (Å²) in [7, 11) is 0. The Morgan fingerprint density at radius 3 is 2.80 bits per heavy atom. The zero-order chi connectivity index (χ0) is 10.5. The number of ether oxygens (including phenoxy) is 1. The lowest BCUT2D eigenvalue weighted by Gasteiger charge is -2.10. The van der Waals surface area contributed by atoms with Gasteiger partial charge >= 0.3 is 0 Å². The molecule has 1 aliphatic rings. The van der Waals surface area contributed by atoms with Crippen molar-refractivity contribution in [1.82, 2.24) is 5.32 Å². The molecule has 0 bridgehead atoms. The highest BCUT2D eigenvalue weighted by molar-refractivity contribution is 5.78. The summed E-state index contributed by atoms with van der Waals surface area (Å²) >= 11 is 0. The number of amides is 1. The van der Waals surface area contributed by atoms with Crippen molar-refractivity contribution in [2.24, 2.45) is 0 Å². The van der Waals surface area contributed by atoms with Gasteiger partial charge in [0, 0.05) is 6.42 Å². The quantitative estimate of drug-likeness (QED) is 0.808. The first-order valence-electron chi connectivity index (χ1n) is 5.25. The summed E-state index contributed by atoms with van der Waals surface area (Å²) in [5.74, 6) is 0.142. The standard InChI is InChI=1S/C12H15NO2/c14-12-7-6-11(13-12)9-15-8-10-4-2-1-3-5-10/h1-5,11H,6-9H2,(H,13,14)/t11-/m0/s1. The fourth-order valence-corrected chi connectivity index (χ4v) is 1.70. The van der Waals surface area contributed by atoms with Gasteiger partial charge in [0.1, 0.15) is 0 Å². The molecule has 0 radical (unpaired) electrons. The molecule has 1 aromatic carbocycles. The van der Waals surface area contributed by atoms with Crippen LogP contribution in [0.2, 0.25) is 0 Å². The molecule has 0 aromatic heterocycles. The zero-order valence-electron chi connectivity index (χ0n) is 8.61. The van der Waals surface area contributed by atoms with Gasteiger partial charge in [-0.3, -0.25) is 4.79 Å². The van der Waals surface area contributed by atoms with E-state index in [2.05, 4.69) is 5.32 Å². The molecule has 0 aliphatic carbocycles. The minimum Gasteiger partial charge on any atom is -0.375 e. The van der Waals surface area contributed by atoms with Crippen molar-refractivity contribution in [3.8, 4) is 0 Å². The third-order valence-corrected chi connectivity index (χ3v) is 2.52. The maximum absolute atomic E-state index is 10.9. The monoisotopic (exact) mass is 205 g/mol. The van der Waals surface area contributed by atoms with Crippen LogP contribution in [0.1, 0.15) is 18.4 Å². The summed E-state index contributed by atoms with van der Waals surface area (Å²) in [6.45, 7) is 1.23. The van der Waals surface area contributed by atoms with Gasteiger partial charge in [0.15, 0.2) is 0 Å². The van der Waals surface area contributed by atoms with Gasteiger partial charge in [-0.2, -0.15) is 0 Å². The predicted octanol–water partition coefficient (Wildman–Crippen LogP) is 1.48. The van der Waals surface area contributed by atoms with Gasteiger partial charge in [-0.25, -0.2) is 0 Å². The van der Waals surface area contributed by atoms with Gasteiger partial charge in [-0.05, 0) is 12.0 Å². The SMILES string of the molecule is O=C1CC[C@@H](COCc2ccccc2)N1. The summed E-state index contributed by atoms with van der Waals surface area (Å²) in [6.07, 6.45) is 1.53. The van der Waals surface area contributed by atoms with E-state index < -0.39 is 0 Å². The van der Waals surface area contributed by atoms with Crippen LogP contribution in [-0.4, -0.2) is 18.6 Å². The second-order valence-electron chi connectivity index (χ2n) is 3.80. The molecule has 1 aliphatic heterocycles. The molecule has 3 nitrogen and oxygen atoms in total.